The lowest BCUT2D eigenvalue weighted by atomic mass is 10.2. The smallest absolute Gasteiger partial charge is 0.427 e. The molecular formula is C18H19F3N4O3. The van der Waals surface area contributed by atoms with Crippen molar-refractivity contribution < 1.29 is 27.8 Å². The van der Waals surface area contributed by atoms with Crippen LogP contribution in [0.3, 0.4) is 0 Å². The van der Waals surface area contributed by atoms with Crippen molar-refractivity contribution in [3.05, 3.63) is 48.0 Å². The number of carbonyl (C=O) groups is 1. The van der Waals surface area contributed by atoms with Crippen LogP contribution in [0.2, 0.25) is 0 Å². The molecule has 1 unspecified atom stereocenters. The zero-order chi connectivity index (χ0) is 19.9. The van der Waals surface area contributed by atoms with Gasteiger partial charge in [0.15, 0.2) is 0 Å². The first-order valence-corrected chi connectivity index (χ1v) is 8.93. The SMILES string of the molecule is O=C(O[C@H](CO)C(F)(F)F)N1C[C@@H]2C(c3ccn(Cc4ccccn4)n3)[C@@H]2C1. The van der Waals surface area contributed by atoms with Gasteiger partial charge in [0.2, 0.25) is 6.10 Å². The molecule has 4 rings (SSSR count). The molecule has 150 valence electrons. The maximum Gasteiger partial charge on any atom is 0.427 e. The summed E-state index contributed by atoms with van der Waals surface area (Å²) < 4.78 is 44.1. The third kappa shape index (κ3) is 3.68. The monoisotopic (exact) mass is 396 g/mol. The Morgan fingerprint density at radius 2 is 2.04 bits per heavy atom. The number of pyridine rings is 1. The minimum absolute atomic E-state index is 0.171. The van der Waals surface area contributed by atoms with Gasteiger partial charge in [-0.05, 0) is 30.0 Å². The molecule has 2 aliphatic rings. The number of rotatable bonds is 5. The van der Waals surface area contributed by atoms with Crippen molar-refractivity contribution in [1.29, 1.82) is 0 Å². The number of likely N-dealkylation sites (tertiary alicyclic amines) is 1. The third-order valence-corrected chi connectivity index (χ3v) is 5.28. The number of hydrogen-bond donors (Lipinski definition) is 1. The van der Waals surface area contributed by atoms with Crippen LogP contribution in [0.4, 0.5) is 18.0 Å². The van der Waals surface area contributed by atoms with Crippen LogP contribution < -0.4 is 0 Å². The lowest BCUT2D eigenvalue weighted by Gasteiger charge is -2.24. The zero-order valence-corrected chi connectivity index (χ0v) is 14.8. The van der Waals surface area contributed by atoms with Gasteiger partial charge in [-0.15, -0.1) is 0 Å². The van der Waals surface area contributed by atoms with E-state index in [2.05, 4.69) is 14.8 Å². The summed E-state index contributed by atoms with van der Waals surface area (Å²) in [6.07, 6.45) is -4.72. The Morgan fingerprint density at radius 3 is 2.64 bits per heavy atom. The fraction of sp³-hybridized carbons (Fsp3) is 0.500. The van der Waals surface area contributed by atoms with Gasteiger partial charge in [-0.25, -0.2) is 4.79 Å². The molecular weight excluding hydrogens is 377 g/mol. The number of piperidine rings is 1. The van der Waals surface area contributed by atoms with Crippen molar-refractivity contribution >= 4 is 6.09 Å². The fourth-order valence-corrected chi connectivity index (χ4v) is 3.82. The number of fused-ring (bicyclic) bond motifs is 1. The molecule has 0 radical (unpaired) electrons. The van der Waals surface area contributed by atoms with Crippen LogP contribution in [0.1, 0.15) is 17.3 Å². The molecule has 2 aromatic heterocycles. The van der Waals surface area contributed by atoms with Crippen LogP contribution in [-0.4, -0.2) is 62.8 Å². The number of aliphatic hydroxyl groups is 1. The van der Waals surface area contributed by atoms with E-state index in [1.54, 1.807) is 10.9 Å². The Morgan fingerprint density at radius 1 is 1.29 bits per heavy atom. The Hall–Kier alpha value is -2.62. The van der Waals surface area contributed by atoms with E-state index in [0.717, 1.165) is 11.4 Å². The predicted octanol–water partition coefficient (Wildman–Crippen LogP) is 2.03. The Balaban J connectivity index is 1.31. The summed E-state index contributed by atoms with van der Waals surface area (Å²) in [7, 11) is 0. The summed E-state index contributed by atoms with van der Waals surface area (Å²) in [5.41, 5.74) is 1.81. The van der Waals surface area contributed by atoms with Gasteiger partial charge in [0.05, 0.1) is 24.5 Å². The quantitative estimate of drug-likeness (QED) is 0.837. The molecule has 0 aromatic carbocycles. The van der Waals surface area contributed by atoms with E-state index in [4.69, 9.17) is 5.11 Å². The molecule has 3 heterocycles. The molecule has 10 heteroatoms. The number of amides is 1. The highest BCUT2D eigenvalue weighted by Crippen LogP contribution is 2.57. The van der Waals surface area contributed by atoms with Crippen LogP contribution in [0.15, 0.2) is 36.7 Å². The molecule has 2 aromatic rings. The molecule has 4 atom stereocenters. The first-order chi connectivity index (χ1) is 13.4. The van der Waals surface area contributed by atoms with Crippen molar-refractivity contribution in [1.82, 2.24) is 19.7 Å². The molecule has 1 amide bonds. The van der Waals surface area contributed by atoms with Gasteiger partial charge >= 0.3 is 12.3 Å². The van der Waals surface area contributed by atoms with E-state index in [1.165, 1.54) is 4.90 Å². The van der Waals surface area contributed by atoms with Crippen LogP contribution in [0.25, 0.3) is 0 Å². The first kappa shape index (κ1) is 18.7. The Kier molecular flexibility index (Phi) is 4.74. The zero-order valence-electron chi connectivity index (χ0n) is 14.8. The average Bonchev–Trinajstić information content (AvgIpc) is 3.01. The minimum atomic E-state index is -4.78. The molecule has 0 bridgehead atoms. The van der Waals surface area contributed by atoms with Crippen molar-refractivity contribution in [2.45, 2.75) is 24.7 Å². The van der Waals surface area contributed by atoms with E-state index in [0.29, 0.717) is 19.6 Å². The van der Waals surface area contributed by atoms with Gasteiger partial charge in [-0.1, -0.05) is 6.07 Å². The van der Waals surface area contributed by atoms with E-state index >= 15 is 0 Å². The lowest BCUT2D eigenvalue weighted by Crippen LogP contribution is -2.42. The molecule has 1 aliphatic heterocycles. The predicted molar refractivity (Wildman–Crippen MR) is 90.3 cm³/mol. The number of aromatic nitrogens is 3. The van der Waals surface area contributed by atoms with Gasteiger partial charge in [0.1, 0.15) is 0 Å². The second-order valence-corrected chi connectivity index (χ2v) is 7.11. The summed E-state index contributed by atoms with van der Waals surface area (Å²) in [6, 6.07) is 7.60. The van der Waals surface area contributed by atoms with Crippen molar-refractivity contribution in [3.63, 3.8) is 0 Å². The van der Waals surface area contributed by atoms with E-state index in [-0.39, 0.29) is 17.8 Å². The highest BCUT2D eigenvalue weighted by molar-refractivity contribution is 5.69. The normalized spacial score (nSPS) is 24.7. The molecule has 2 fully saturated rings. The topological polar surface area (TPSA) is 80.5 Å². The van der Waals surface area contributed by atoms with Crippen LogP contribution in [-0.2, 0) is 11.3 Å². The molecule has 1 N–H and O–H groups in total. The van der Waals surface area contributed by atoms with Crippen molar-refractivity contribution in [3.8, 4) is 0 Å². The van der Waals surface area contributed by atoms with Crippen LogP contribution in [0.5, 0.6) is 0 Å². The first-order valence-electron chi connectivity index (χ1n) is 8.93. The summed E-state index contributed by atoms with van der Waals surface area (Å²) >= 11 is 0. The second-order valence-electron chi connectivity index (χ2n) is 7.11. The van der Waals surface area contributed by atoms with Crippen LogP contribution >= 0.6 is 0 Å². The number of alkyl halides is 3. The van der Waals surface area contributed by atoms with Gasteiger partial charge in [-0.3, -0.25) is 9.67 Å². The number of halogens is 3. The number of carbonyl (C=O) groups excluding carboxylic acids is 1. The summed E-state index contributed by atoms with van der Waals surface area (Å²) in [5, 5.41) is 13.4. The highest BCUT2D eigenvalue weighted by Gasteiger charge is 2.59. The fourth-order valence-electron chi connectivity index (χ4n) is 3.82. The lowest BCUT2D eigenvalue weighted by molar-refractivity contribution is -0.214. The molecule has 1 saturated heterocycles. The van der Waals surface area contributed by atoms with Crippen LogP contribution in [0, 0.1) is 11.8 Å². The van der Waals surface area contributed by atoms with Crippen molar-refractivity contribution in [2.75, 3.05) is 19.7 Å². The molecule has 28 heavy (non-hydrogen) atoms. The molecule has 0 spiro atoms. The van der Waals surface area contributed by atoms with E-state index in [1.807, 2.05) is 30.5 Å². The van der Waals surface area contributed by atoms with Gasteiger partial charge < -0.3 is 14.7 Å². The maximum atomic E-state index is 12.6. The van der Waals surface area contributed by atoms with Gasteiger partial charge in [0, 0.05) is 31.4 Å². The number of hydrogen-bond acceptors (Lipinski definition) is 5. The average molecular weight is 396 g/mol. The number of ether oxygens (including phenoxy) is 1. The van der Waals surface area contributed by atoms with Gasteiger partial charge in [0.25, 0.3) is 0 Å². The summed E-state index contributed by atoms with van der Waals surface area (Å²) in [4.78, 5) is 17.5. The summed E-state index contributed by atoms with van der Waals surface area (Å²) in [6.45, 7) is -0.0673. The molecule has 1 aliphatic carbocycles. The summed E-state index contributed by atoms with van der Waals surface area (Å²) in [5.74, 6) is 0.540. The number of nitrogens with zero attached hydrogens (tertiary/aromatic N) is 4. The highest BCUT2D eigenvalue weighted by atomic mass is 19.4. The Labute approximate surface area is 158 Å². The third-order valence-electron chi connectivity index (χ3n) is 5.28. The minimum Gasteiger partial charge on any atom is -0.434 e. The Bertz CT molecular complexity index is 830. The number of aliphatic hydroxyl groups excluding tert-OH is 1. The largest absolute Gasteiger partial charge is 0.434 e. The molecule has 1 saturated carbocycles. The van der Waals surface area contributed by atoms with Crippen molar-refractivity contribution in [2.24, 2.45) is 11.8 Å². The second kappa shape index (κ2) is 7.08. The van der Waals surface area contributed by atoms with E-state index in [9.17, 15) is 18.0 Å². The maximum absolute atomic E-state index is 12.6. The van der Waals surface area contributed by atoms with Gasteiger partial charge in [-0.2, -0.15) is 18.3 Å². The van der Waals surface area contributed by atoms with E-state index < -0.39 is 25.0 Å². The molecule has 7 nitrogen and oxygen atoms in total. The standard InChI is InChI=1S/C18H19F3N4O3/c19-18(20,21)15(10-26)28-17(27)24-8-12-13(9-24)16(12)14-4-6-25(23-14)7-11-3-1-2-5-22-11/h1-6,12-13,15-16,26H,7-10H2/t12-,13+,15-,16?/m1/s1.